The molecule has 0 unspecified atom stereocenters. The second-order valence-electron chi connectivity index (χ2n) is 5.85. The van der Waals surface area contributed by atoms with Crippen LogP contribution < -0.4 is 0 Å². The third-order valence-corrected chi connectivity index (χ3v) is 4.78. The lowest BCUT2D eigenvalue weighted by atomic mass is 9.98. The SMILES string of the molecule is COC(=O)c1c(-c2ccc(Cl)cc2)cc2n1CCc1ccccc1-2. The molecule has 0 N–H and O–H groups in total. The van der Waals surface area contributed by atoms with Crippen molar-refractivity contribution in [3.05, 3.63) is 70.9 Å². The van der Waals surface area contributed by atoms with Gasteiger partial charge in [-0.1, -0.05) is 48.0 Å². The van der Waals surface area contributed by atoms with Crippen molar-refractivity contribution in [1.29, 1.82) is 0 Å². The molecule has 4 heteroatoms. The van der Waals surface area contributed by atoms with Crippen molar-refractivity contribution in [3.63, 3.8) is 0 Å². The fourth-order valence-electron chi connectivity index (χ4n) is 3.39. The van der Waals surface area contributed by atoms with Gasteiger partial charge in [0.1, 0.15) is 5.69 Å². The van der Waals surface area contributed by atoms with Crippen molar-refractivity contribution in [3.8, 4) is 22.4 Å². The number of carbonyl (C=O) groups is 1. The number of hydrogen-bond acceptors (Lipinski definition) is 2. The van der Waals surface area contributed by atoms with E-state index in [9.17, 15) is 4.79 Å². The van der Waals surface area contributed by atoms with Crippen LogP contribution in [0.5, 0.6) is 0 Å². The summed E-state index contributed by atoms with van der Waals surface area (Å²) in [6.07, 6.45) is 0.905. The molecule has 0 atom stereocenters. The van der Waals surface area contributed by atoms with E-state index in [0.29, 0.717) is 10.7 Å². The van der Waals surface area contributed by atoms with Crippen molar-refractivity contribution in [2.75, 3.05) is 7.11 Å². The number of nitrogens with zero attached hydrogens (tertiary/aromatic N) is 1. The highest BCUT2D eigenvalue weighted by Gasteiger charge is 2.26. The molecular formula is C20H16ClNO2. The van der Waals surface area contributed by atoms with Gasteiger partial charge in [-0.3, -0.25) is 0 Å². The number of hydrogen-bond donors (Lipinski definition) is 0. The second-order valence-corrected chi connectivity index (χ2v) is 6.29. The molecule has 0 saturated carbocycles. The third kappa shape index (κ3) is 2.33. The van der Waals surface area contributed by atoms with Crippen LogP contribution >= 0.6 is 11.6 Å². The maximum absolute atomic E-state index is 12.5. The minimum absolute atomic E-state index is 0.314. The van der Waals surface area contributed by atoms with Gasteiger partial charge in [0.05, 0.1) is 7.11 Å². The van der Waals surface area contributed by atoms with Gasteiger partial charge in [-0.15, -0.1) is 0 Å². The lowest BCUT2D eigenvalue weighted by Crippen LogP contribution is -2.17. The van der Waals surface area contributed by atoms with Gasteiger partial charge in [0.15, 0.2) is 0 Å². The van der Waals surface area contributed by atoms with Gasteiger partial charge in [0.2, 0.25) is 0 Å². The number of benzene rings is 2. The first-order chi connectivity index (χ1) is 11.7. The zero-order chi connectivity index (χ0) is 16.7. The maximum Gasteiger partial charge on any atom is 0.355 e. The van der Waals surface area contributed by atoms with Gasteiger partial charge in [-0.05, 0) is 35.7 Å². The summed E-state index contributed by atoms with van der Waals surface area (Å²) in [5.74, 6) is -0.314. The molecule has 1 aliphatic rings. The monoisotopic (exact) mass is 337 g/mol. The average Bonchev–Trinajstić information content (AvgIpc) is 3.01. The van der Waals surface area contributed by atoms with Crippen LogP contribution in [0, 0.1) is 0 Å². The Labute approximate surface area is 145 Å². The molecule has 4 rings (SSSR count). The molecule has 0 amide bonds. The van der Waals surface area contributed by atoms with Crippen LogP contribution in [0.2, 0.25) is 5.02 Å². The molecule has 0 fully saturated rings. The smallest absolute Gasteiger partial charge is 0.355 e. The van der Waals surface area contributed by atoms with Crippen LogP contribution in [0.4, 0.5) is 0 Å². The summed E-state index contributed by atoms with van der Waals surface area (Å²) in [6, 6.07) is 17.9. The van der Waals surface area contributed by atoms with E-state index in [4.69, 9.17) is 16.3 Å². The normalized spacial score (nSPS) is 12.4. The minimum Gasteiger partial charge on any atom is -0.464 e. The molecule has 120 valence electrons. The van der Waals surface area contributed by atoms with Crippen molar-refractivity contribution >= 4 is 17.6 Å². The Bertz CT molecular complexity index is 925. The second kappa shape index (κ2) is 5.84. The van der Waals surface area contributed by atoms with E-state index in [1.807, 2.05) is 30.3 Å². The first kappa shape index (κ1) is 15.0. The molecular weight excluding hydrogens is 322 g/mol. The first-order valence-corrected chi connectivity index (χ1v) is 8.23. The Morgan fingerprint density at radius 1 is 1.08 bits per heavy atom. The predicted molar refractivity (Wildman–Crippen MR) is 95.4 cm³/mol. The lowest BCUT2D eigenvalue weighted by molar-refractivity contribution is 0.0589. The minimum atomic E-state index is -0.314. The molecule has 2 heterocycles. The first-order valence-electron chi connectivity index (χ1n) is 7.85. The fraction of sp³-hybridized carbons (Fsp3) is 0.150. The van der Waals surface area contributed by atoms with Gasteiger partial charge in [0, 0.05) is 28.4 Å². The molecule has 1 aromatic heterocycles. The Hall–Kier alpha value is -2.52. The van der Waals surface area contributed by atoms with Crippen LogP contribution in [0.25, 0.3) is 22.4 Å². The highest BCUT2D eigenvalue weighted by molar-refractivity contribution is 6.30. The van der Waals surface area contributed by atoms with E-state index >= 15 is 0 Å². The number of fused-ring (bicyclic) bond motifs is 3. The Morgan fingerprint density at radius 3 is 2.58 bits per heavy atom. The topological polar surface area (TPSA) is 31.2 Å². The highest BCUT2D eigenvalue weighted by atomic mass is 35.5. The van der Waals surface area contributed by atoms with Gasteiger partial charge in [0.25, 0.3) is 0 Å². The Kier molecular flexibility index (Phi) is 3.66. The molecule has 2 aromatic carbocycles. The summed E-state index contributed by atoms with van der Waals surface area (Å²) >= 11 is 6.00. The van der Waals surface area contributed by atoms with E-state index in [1.165, 1.54) is 18.2 Å². The van der Waals surface area contributed by atoms with E-state index in [1.54, 1.807) is 0 Å². The van der Waals surface area contributed by atoms with Crippen LogP contribution in [0.15, 0.2) is 54.6 Å². The Morgan fingerprint density at radius 2 is 1.83 bits per heavy atom. The standard InChI is InChI=1S/C20H16ClNO2/c1-24-20(23)19-17(14-6-8-15(21)9-7-14)12-18-16-5-3-2-4-13(16)10-11-22(18)19/h2-9,12H,10-11H2,1H3. The summed E-state index contributed by atoms with van der Waals surface area (Å²) < 4.78 is 7.12. The molecule has 0 aliphatic carbocycles. The molecule has 0 spiro atoms. The summed E-state index contributed by atoms with van der Waals surface area (Å²) in [4.78, 5) is 12.5. The summed E-state index contributed by atoms with van der Waals surface area (Å²) in [6.45, 7) is 0.768. The highest BCUT2D eigenvalue weighted by Crippen LogP contribution is 2.38. The molecule has 0 radical (unpaired) electrons. The summed E-state index contributed by atoms with van der Waals surface area (Å²) in [5.41, 5.74) is 5.98. The van der Waals surface area contributed by atoms with Crippen LogP contribution in [0.1, 0.15) is 16.1 Å². The number of methoxy groups -OCH3 is 1. The number of esters is 1. The number of rotatable bonds is 2. The van der Waals surface area contributed by atoms with Gasteiger partial charge >= 0.3 is 5.97 Å². The summed E-state index contributed by atoms with van der Waals surface area (Å²) in [5, 5.41) is 0.674. The van der Waals surface area contributed by atoms with Crippen LogP contribution in [-0.4, -0.2) is 17.6 Å². The van der Waals surface area contributed by atoms with Crippen molar-refractivity contribution < 1.29 is 9.53 Å². The molecule has 0 bridgehead atoms. The zero-order valence-electron chi connectivity index (χ0n) is 13.3. The molecule has 3 nitrogen and oxygen atoms in total. The van der Waals surface area contributed by atoms with Crippen LogP contribution in [-0.2, 0) is 17.7 Å². The zero-order valence-corrected chi connectivity index (χ0v) is 14.0. The van der Waals surface area contributed by atoms with E-state index < -0.39 is 0 Å². The molecule has 0 saturated heterocycles. The van der Waals surface area contributed by atoms with Crippen molar-refractivity contribution in [2.24, 2.45) is 0 Å². The number of aromatic nitrogens is 1. The van der Waals surface area contributed by atoms with Crippen molar-refractivity contribution in [1.82, 2.24) is 4.57 Å². The quantitative estimate of drug-likeness (QED) is 0.628. The number of aryl methyl sites for hydroxylation is 1. The van der Waals surface area contributed by atoms with Gasteiger partial charge in [-0.25, -0.2) is 4.79 Å². The third-order valence-electron chi connectivity index (χ3n) is 4.53. The van der Waals surface area contributed by atoms with Gasteiger partial charge in [-0.2, -0.15) is 0 Å². The number of halogens is 1. The Balaban J connectivity index is 1.97. The fourth-order valence-corrected chi connectivity index (χ4v) is 3.52. The lowest BCUT2D eigenvalue weighted by Gasteiger charge is -2.20. The van der Waals surface area contributed by atoms with E-state index in [0.717, 1.165) is 29.8 Å². The largest absolute Gasteiger partial charge is 0.464 e. The number of ether oxygens (including phenoxy) is 1. The van der Waals surface area contributed by atoms with Crippen molar-refractivity contribution in [2.45, 2.75) is 13.0 Å². The van der Waals surface area contributed by atoms with Crippen LogP contribution in [0.3, 0.4) is 0 Å². The summed E-state index contributed by atoms with van der Waals surface area (Å²) in [7, 11) is 1.42. The molecule has 1 aliphatic heterocycles. The molecule has 24 heavy (non-hydrogen) atoms. The average molecular weight is 338 g/mol. The predicted octanol–water partition coefficient (Wildman–Crippen LogP) is 4.82. The van der Waals surface area contributed by atoms with Gasteiger partial charge < -0.3 is 9.30 Å². The maximum atomic E-state index is 12.5. The number of carbonyl (C=O) groups excluding carboxylic acids is 1. The molecule has 3 aromatic rings. The van der Waals surface area contributed by atoms with E-state index in [-0.39, 0.29) is 5.97 Å². The van der Waals surface area contributed by atoms with E-state index in [2.05, 4.69) is 28.8 Å².